The van der Waals surface area contributed by atoms with E-state index in [1.807, 2.05) is 17.5 Å². The van der Waals surface area contributed by atoms with Crippen LogP contribution in [0.2, 0.25) is 0 Å². The van der Waals surface area contributed by atoms with Gasteiger partial charge in [0.25, 0.3) is 5.91 Å². The molecule has 0 bridgehead atoms. The van der Waals surface area contributed by atoms with Gasteiger partial charge in [-0.25, -0.2) is 0 Å². The zero-order valence-electron chi connectivity index (χ0n) is 10.2. The van der Waals surface area contributed by atoms with Crippen LogP contribution in [0.4, 0.5) is 0 Å². The summed E-state index contributed by atoms with van der Waals surface area (Å²) < 4.78 is 5.15. The quantitative estimate of drug-likeness (QED) is 0.860. The number of rotatable bonds is 5. The summed E-state index contributed by atoms with van der Waals surface area (Å²) in [7, 11) is 1.55. The Balaban J connectivity index is 2.68. The van der Waals surface area contributed by atoms with Gasteiger partial charge >= 0.3 is 0 Å². The highest BCUT2D eigenvalue weighted by atomic mass is 32.1. The van der Waals surface area contributed by atoms with E-state index in [4.69, 9.17) is 4.74 Å². The molecule has 0 fully saturated rings. The lowest BCUT2D eigenvalue weighted by atomic mass is 10.1. The topological polar surface area (TPSA) is 38.3 Å². The second-order valence-corrected chi connectivity index (χ2v) is 5.14. The molecule has 90 valence electrons. The fraction of sp³-hybridized carbons (Fsp3) is 0.583. The van der Waals surface area contributed by atoms with Crippen molar-refractivity contribution in [1.29, 1.82) is 0 Å². The Hall–Kier alpha value is -0.870. The number of carbonyl (C=O) groups is 1. The van der Waals surface area contributed by atoms with Gasteiger partial charge in [0.15, 0.2) is 0 Å². The van der Waals surface area contributed by atoms with Crippen molar-refractivity contribution in [1.82, 2.24) is 5.32 Å². The van der Waals surface area contributed by atoms with Crippen LogP contribution in [0, 0.1) is 0 Å². The second-order valence-electron chi connectivity index (χ2n) is 4.16. The average Bonchev–Trinajstić information content (AvgIpc) is 2.78. The molecule has 0 saturated heterocycles. The minimum absolute atomic E-state index is 0.0738. The molecule has 1 unspecified atom stereocenters. The zero-order valence-corrected chi connectivity index (χ0v) is 11.1. The average molecular weight is 241 g/mol. The first-order chi connectivity index (χ1) is 7.51. The van der Waals surface area contributed by atoms with Crippen molar-refractivity contribution in [2.45, 2.75) is 38.8 Å². The van der Waals surface area contributed by atoms with Gasteiger partial charge in [0.1, 0.15) is 5.60 Å². The number of nitrogens with one attached hydrogen (secondary N) is 1. The van der Waals surface area contributed by atoms with E-state index >= 15 is 0 Å². The number of methoxy groups -OCH3 is 1. The summed E-state index contributed by atoms with van der Waals surface area (Å²) in [6.07, 6.45) is 0.881. The summed E-state index contributed by atoms with van der Waals surface area (Å²) in [6, 6.07) is 4.12. The van der Waals surface area contributed by atoms with E-state index in [9.17, 15) is 4.79 Å². The molecule has 1 rings (SSSR count). The highest BCUT2D eigenvalue weighted by Gasteiger charge is 2.28. The molecule has 1 aromatic rings. The van der Waals surface area contributed by atoms with Gasteiger partial charge in [-0.1, -0.05) is 13.0 Å². The van der Waals surface area contributed by atoms with Crippen LogP contribution >= 0.6 is 11.3 Å². The Morgan fingerprint density at radius 3 is 2.75 bits per heavy atom. The monoisotopic (exact) mass is 241 g/mol. The summed E-state index contributed by atoms with van der Waals surface area (Å²) in [4.78, 5) is 13.1. The van der Waals surface area contributed by atoms with Crippen LogP contribution in [-0.4, -0.2) is 18.6 Å². The van der Waals surface area contributed by atoms with Gasteiger partial charge < -0.3 is 10.1 Å². The third-order valence-electron chi connectivity index (χ3n) is 2.66. The van der Waals surface area contributed by atoms with Crippen molar-refractivity contribution in [3.63, 3.8) is 0 Å². The lowest BCUT2D eigenvalue weighted by Gasteiger charge is -2.25. The van der Waals surface area contributed by atoms with Crippen LogP contribution in [0.3, 0.4) is 0 Å². The van der Waals surface area contributed by atoms with Gasteiger partial charge in [0, 0.05) is 12.0 Å². The summed E-state index contributed by atoms with van der Waals surface area (Å²) in [5.74, 6) is -0.0738. The SMILES string of the molecule is CCC(NC(=O)C(C)(C)OC)c1cccs1. The smallest absolute Gasteiger partial charge is 0.252 e. The summed E-state index contributed by atoms with van der Waals surface area (Å²) >= 11 is 1.66. The fourth-order valence-corrected chi connectivity index (χ4v) is 2.15. The Kier molecular flexibility index (Phi) is 4.50. The van der Waals surface area contributed by atoms with Gasteiger partial charge in [-0.15, -0.1) is 11.3 Å². The van der Waals surface area contributed by atoms with Crippen molar-refractivity contribution in [2.75, 3.05) is 7.11 Å². The van der Waals surface area contributed by atoms with Crippen LogP contribution in [0.5, 0.6) is 0 Å². The maximum absolute atomic E-state index is 11.9. The molecule has 1 aromatic heterocycles. The number of amides is 1. The second kappa shape index (κ2) is 5.46. The van der Waals surface area contributed by atoms with Crippen LogP contribution in [-0.2, 0) is 9.53 Å². The van der Waals surface area contributed by atoms with Crippen molar-refractivity contribution >= 4 is 17.2 Å². The number of carbonyl (C=O) groups excluding carboxylic acids is 1. The molecule has 0 saturated carbocycles. The van der Waals surface area contributed by atoms with E-state index in [1.54, 1.807) is 32.3 Å². The summed E-state index contributed by atoms with van der Waals surface area (Å²) in [5.41, 5.74) is -0.773. The van der Waals surface area contributed by atoms with E-state index in [1.165, 1.54) is 4.88 Å². The Bertz CT molecular complexity index is 333. The predicted octanol–water partition coefficient (Wildman–Crippen LogP) is 2.74. The van der Waals surface area contributed by atoms with Crippen molar-refractivity contribution in [3.8, 4) is 0 Å². The van der Waals surface area contributed by atoms with Gasteiger partial charge in [-0.05, 0) is 31.7 Å². The lowest BCUT2D eigenvalue weighted by Crippen LogP contribution is -2.44. The Morgan fingerprint density at radius 2 is 2.31 bits per heavy atom. The third-order valence-corrected chi connectivity index (χ3v) is 3.64. The van der Waals surface area contributed by atoms with Crippen molar-refractivity contribution < 1.29 is 9.53 Å². The van der Waals surface area contributed by atoms with Crippen LogP contribution in [0.25, 0.3) is 0 Å². The molecule has 0 aliphatic rings. The first-order valence-corrected chi connectivity index (χ1v) is 6.28. The third kappa shape index (κ3) is 3.06. The molecule has 4 heteroatoms. The van der Waals surface area contributed by atoms with Crippen LogP contribution < -0.4 is 5.32 Å². The molecule has 0 aliphatic heterocycles. The minimum atomic E-state index is -0.773. The maximum Gasteiger partial charge on any atom is 0.252 e. The largest absolute Gasteiger partial charge is 0.369 e. The van der Waals surface area contributed by atoms with E-state index in [0.29, 0.717) is 0 Å². The number of hydrogen-bond donors (Lipinski definition) is 1. The highest BCUT2D eigenvalue weighted by molar-refractivity contribution is 7.10. The van der Waals surface area contributed by atoms with Crippen LogP contribution in [0.1, 0.15) is 38.1 Å². The normalized spacial score (nSPS) is 13.5. The molecular formula is C12H19NO2S. The standard InChI is InChI=1S/C12H19NO2S/c1-5-9(10-7-6-8-16-10)13-11(14)12(2,3)15-4/h6-9H,5H2,1-4H3,(H,13,14). The number of thiophene rings is 1. The highest BCUT2D eigenvalue weighted by Crippen LogP contribution is 2.22. The molecule has 0 aliphatic carbocycles. The zero-order chi connectivity index (χ0) is 12.2. The van der Waals surface area contributed by atoms with Gasteiger partial charge in [-0.3, -0.25) is 4.79 Å². The van der Waals surface area contributed by atoms with E-state index in [2.05, 4.69) is 12.2 Å². The lowest BCUT2D eigenvalue weighted by molar-refractivity contribution is -0.140. The minimum Gasteiger partial charge on any atom is -0.369 e. The molecule has 0 aromatic carbocycles. The summed E-state index contributed by atoms with van der Waals surface area (Å²) in [6.45, 7) is 5.59. The molecule has 1 atom stereocenters. The predicted molar refractivity (Wildman–Crippen MR) is 66.6 cm³/mol. The molecule has 0 spiro atoms. The molecule has 1 amide bonds. The van der Waals surface area contributed by atoms with Gasteiger partial charge in [0.2, 0.25) is 0 Å². The Labute approximate surface area is 101 Å². The van der Waals surface area contributed by atoms with Crippen LogP contribution in [0.15, 0.2) is 17.5 Å². The number of ether oxygens (including phenoxy) is 1. The molecular weight excluding hydrogens is 222 g/mol. The van der Waals surface area contributed by atoms with Crippen molar-refractivity contribution in [2.24, 2.45) is 0 Å². The first kappa shape index (κ1) is 13.2. The van der Waals surface area contributed by atoms with E-state index in [-0.39, 0.29) is 11.9 Å². The van der Waals surface area contributed by atoms with Crippen molar-refractivity contribution in [3.05, 3.63) is 22.4 Å². The van der Waals surface area contributed by atoms with Gasteiger partial charge in [-0.2, -0.15) is 0 Å². The molecule has 0 radical (unpaired) electrons. The van der Waals surface area contributed by atoms with Gasteiger partial charge in [0.05, 0.1) is 6.04 Å². The first-order valence-electron chi connectivity index (χ1n) is 5.40. The van der Waals surface area contributed by atoms with E-state index in [0.717, 1.165) is 6.42 Å². The molecule has 16 heavy (non-hydrogen) atoms. The Morgan fingerprint density at radius 1 is 1.62 bits per heavy atom. The molecule has 1 heterocycles. The maximum atomic E-state index is 11.9. The summed E-state index contributed by atoms with van der Waals surface area (Å²) in [5, 5.41) is 5.03. The fourth-order valence-electron chi connectivity index (χ4n) is 1.29. The molecule has 1 N–H and O–H groups in total. The molecule has 3 nitrogen and oxygen atoms in total. The number of hydrogen-bond acceptors (Lipinski definition) is 3. The van der Waals surface area contributed by atoms with E-state index < -0.39 is 5.60 Å².